The van der Waals surface area contributed by atoms with Crippen LogP contribution in [0.2, 0.25) is 0 Å². The maximum absolute atomic E-state index is 13.6. The van der Waals surface area contributed by atoms with Crippen molar-refractivity contribution in [3.63, 3.8) is 0 Å². The fourth-order valence-electron chi connectivity index (χ4n) is 2.67. The van der Waals surface area contributed by atoms with Crippen LogP contribution in [0, 0.1) is 5.41 Å². The number of rotatable bonds is 4. The fraction of sp³-hybridized carbons (Fsp3) is 0.304. The second kappa shape index (κ2) is 8.09. The molecule has 0 spiro atoms. The van der Waals surface area contributed by atoms with E-state index in [4.69, 9.17) is 13.9 Å². The Morgan fingerprint density at radius 1 is 1.00 bits per heavy atom. The van der Waals surface area contributed by atoms with Crippen molar-refractivity contribution >= 4 is 16.9 Å². The van der Waals surface area contributed by atoms with Crippen LogP contribution in [0.25, 0.3) is 11.0 Å². The van der Waals surface area contributed by atoms with Gasteiger partial charge in [0, 0.05) is 6.07 Å². The van der Waals surface area contributed by atoms with E-state index >= 15 is 0 Å². The highest BCUT2D eigenvalue weighted by atomic mass is 19.4. The van der Waals surface area contributed by atoms with Crippen molar-refractivity contribution in [3.05, 3.63) is 64.0 Å². The molecule has 0 N–H and O–H groups in total. The minimum absolute atomic E-state index is 0.0347. The Morgan fingerprint density at radius 3 is 2.16 bits per heavy atom. The van der Waals surface area contributed by atoms with Gasteiger partial charge in [-0.2, -0.15) is 13.2 Å². The van der Waals surface area contributed by atoms with E-state index in [1.54, 1.807) is 32.9 Å². The Morgan fingerprint density at radius 2 is 1.61 bits per heavy atom. The molecule has 0 aliphatic heterocycles. The first-order valence-corrected chi connectivity index (χ1v) is 9.57. The molecule has 164 valence electrons. The van der Waals surface area contributed by atoms with Crippen molar-refractivity contribution < 1.29 is 31.9 Å². The zero-order valence-corrected chi connectivity index (χ0v) is 17.4. The number of alkyl halides is 3. The molecular formula is C23H21F3O5. The zero-order chi connectivity index (χ0) is 23.0. The van der Waals surface area contributed by atoms with Gasteiger partial charge < -0.3 is 13.9 Å². The number of fused-ring (bicyclic) bond motifs is 1. The number of hydrogen-bond donors (Lipinski definition) is 0. The molecule has 0 bridgehead atoms. The van der Waals surface area contributed by atoms with Gasteiger partial charge in [-0.15, -0.1) is 0 Å². The lowest BCUT2D eigenvalue weighted by Crippen LogP contribution is -2.25. The quantitative estimate of drug-likeness (QED) is 0.366. The molecule has 8 heteroatoms. The Labute approximate surface area is 176 Å². The first kappa shape index (κ1) is 22.4. The Balaban J connectivity index is 2.09. The van der Waals surface area contributed by atoms with E-state index in [1.165, 1.54) is 24.3 Å². The number of ether oxygens (including phenoxy) is 2. The summed E-state index contributed by atoms with van der Waals surface area (Å²) in [6.45, 7) is 6.83. The number of benzene rings is 2. The third kappa shape index (κ3) is 4.90. The molecular weight excluding hydrogens is 413 g/mol. The van der Waals surface area contributed by atoms with E-state index in [-0.39, 0.29) is 22.5 Å². The summed E-state index contributed by atoms with van der Waals surface area (Å²) in [4.78, 5) is 24.9. The summed E-state index contributed by atoms with van der Waals surface area (Å²) in [5.41, 5.74) is -1.21. The fourth-order valence-corrected chi connectivity index (χ4v) is 2.67. The summed E-state index contributed by atoms with van der Waals surface area (Å²) in [7, 11) is 0. The highest BCUT2D eigenvalue weighted by molar-refractivity contribution is 5.82. The Hall–Kier alpha value is -3.29. The van der Waals surface area contributed by atoms with Crippen LogP contribution in [0.4, 0.5) is 13.2 Å². The SMILES string of the molecule is CCc1ccc(Oc2c(C(F)(F)F)oc3cc(OC(=O)C(C)(C)C)ccc3c2=O)cc1. The zero-order valence-electron chi connectivity index (χ0n) is 17.4. The Bertz CT molecular complexity index is 1170. The number of hydrogen-bond acceptors (Lipinski definition) is 5. The molecule has 0 aliphatic rings. The molecule has 2 aromatic carbocycles. The summed E-state index contributed by atoms with van der Waals surface area (Å²) in [5.74, 6) is -3.06. The second-order valence-corrected chi connectivity index (χ2v) is 7.98. The van der Waals surface area contributed by atoms with Gasteiger partial charge in [-0.25, -0.2) is 0 Å². The van der Waals surface area contributed by atoms with Crippen molar-refractivity contribution in [2.24, 2.45) is 5.41 Å². The van der Waals surface area contributed by atoms with Crippen LogP contribution in [0.5, 0.6) is 17.2 Å². The maximum Gasteiger partial charge on any atom is 0.453 e. The predicted octanol–water partition coefficient (Wildman–Crippen LogP) is 6.12. The van der Waals surface area contributed by atoms with E-state index in [9.17, 15) is 22.8 Å². The number of carbonyl (C=O) groups excluding carboxylic acids is 1. The summed E-state index contributed by atoms with van der Waals surface area (Å²) in [6, 6.07) is 9.99. The smallest absolute Gasteiger partial charge is 0.449 e. The van der Waals surface area contributed by atoms with Gasteiger partial charge >= 0.3 is 12.1 Å². The van der Waals surface area contributed by atoms with Crippen molar-refractivity contribution in [3.8, 4) is 17.2 Å². The summed E-state index contributed by atoms with van der Waals surface area (Å²) in [5, 5.41) is -0.135. The molecule has 3 aromatic rings. The minimum Gasteiger partial charge on any atom is -0.449 e. The molecule has 0 saturated carbocycles. The molecule has 1 aromatic heterocycles. The lowest BCUT2D eigenvalue weighted by molar-refractivity contribution is -0.154. The van der Waals surface area contributed by atoms with Crippen LogP contribution in [0.1, 0.15) is 39.0 Å². The molecule has 0 saturated heterocycles. The molecule has 31 heavy (non-hydrogen) atoms. The molecule has 0 fully saturated rings. The second-order valence-electron chi connectivity index (χ2n) is 7.98. The summed E-state index contributed by atoms with van der Waals surface area (Å²) in [6.07, 6.45) is -4.24. The predicted molar refractivity (Wildman–Crippen MR) is 108 cm³/mol. The molecule has 5 nitrogen and oxygen atoms in total. The van der Waals surface area contributed by atoms with E-state index in [2.05, 4.69) is 0 Å². The summed E-state index contributed by atoms with van der Waals surface area (Å²) < 4.78 is 56.5. The average Bonchev–Trinajstić information content (AvgIpc) is 2.69. The van der Waals surface area contributed by atoms with Gasteiger partial charge in [0.25, 0.3) is 5.76 Å². The van der Waals surface area contributed by atoms with Gasteiger partial charge in [0.1, 0.15) is 17.1 Å². The highest BCUT2D eigenvalue weighted by Crippen LogP contribution is 2.38. The molecule has 0 radical (unpaired) electrons. The average molecular weight is 434 g/mol. The minimum atomic E-state index is -4.98. The van der Waals surface area contributed by atoms with Crippen LogP contribution in [0.15, 0.2) is 51.7 Å². The lowest BCUT2D eigenvalue weighted by atomic mass is 9.97. The van der Waals surface area contributed by atoms with Crippen LogP contribution in [-0.2, 0) is 17.4 Å². The maximum atomic E-state index is 13.6. The van der Waals surface area contributed by atoms with Gasteiger partial charge in [0.05, 0.1) is 10.8 Å². The monoisotopic (exact) mass is 434 g/mol. The molecule has 0 aliphatic carbocycles. The van der Waals surface area contributed by atoms with Crippen LogP contribution < -0.4 is 14.9 Å². The van der Waals surface area contributed by atoms with Crippen molar-refractivity contribution in [2.45, 2.75) is 40.3 Å². The molecule has 0 unspecified atom stereocenters. The van der Waals surface area contributed by atoms with Crippen LogP contribution in [-0.4, -0.2) is 5.97 Å². The van der Waals surface area contributed by atoms with Crippen LogP contribution >= 0.6 is 0 Å². The third-order valence-electron chi connectivity index (χ3n) is 4.45. The van der Waals surface area contributed by atoms with E-state index < -0.39 is 34.5 Å². The number of aryl methyl sites for hydroxylation is 1. The third-order valence-corrected chi connectivity index (χ3v) is 4.45. The van der Waals surface area contributed by atoms with E-state index in [1.807, 2.05) is 6.92 Å². The molecule has 3 rings (SSSR count). The standard InChI is InChI=1S/C23H21F3O5/c1-5-13-6-8-14(9-7-13)29-19-18(27)16-11-10-15(30-21(28)22(2,3)4)12-17(16)31-20(19)23(24,25)26/h6-12H,5H2,1-4H3. The normalized spacial score (nSPS) is 12.1. The van der Waals surface area contributed by atoms with Crippen LogP contribution in [0.3, 0.4) is 0 Å². The summed E-state index contributed by atoms with van der Waals surface area (Å²) >= 11 is 0. The topological polar surface area (TPSA) is 65.7 Å². The van der Waals surface area contributed by atoms with Gasteiger partial charge in [-0.3, -0.25) is 9.59 Å². The van der Waals surface area contributed by atoms with Crippen molar-refractivity contribution in [1.29, 1.82) is 0 Å². The van der Waals surface area contributed by atoms with Gasteiger partial charge in [-0.1, -0.05) is 19.1 Å². The van der Waals surface area contributed by atoms with E-state index in [0.717, 1.165) is 18.1 Å². The first-order chi connectivity index (χ1) is 14.4. The van der Waals surface area contributed by atoms with E-state index in [0.29, 0.717) is 0 Å². The number of carbonyl (C=O) groups is 1. The van der Waals surface area contributed by atoms with Gasteiger partial charge in [0.2, 0.25) is 11.2 Å². The van der Waals surface area contributed by atoms with Gasteiger partial charge in [-0.05, 0) is 57.0 Å². The number of halogens is 3. The first-order valence-electron chi connectivity index (χ1n) is 9.57. The molecule has 1 heterocycles. The highest BCUT2D eigenvalue weighted by Gasteiger charge is 2.40. The molecule has 0 amide bonds. The largest absolute Gasteiger partial charge is 0.453 e. The molecule has 0 atom stereocenters. The number of esters is 1. The van der Waals surface area contributed by atoms with Gasteiger partial charge in [0.15, 0.2) is 0 Å². The van der Waals surface area contributed by atoms with Crippen molar-refractivity contribution in [1.82, 2.24) is 0 Å². The Kier molecular flexibility index (Phi) is 5.85. The lowest BCUT2D eigenvalue weighted by Gasteiger charge is -2.17. The van der Waals surface area contributed by atoms with Crippen molar-refractivity contribution in [2.75, 3.05) is 0 Å².